The van der Waals surface area contributed by atoms with Gasteiger partial charge in [0.25, 0.3) is 0 Å². The van der Waals surface area contributed by atoms with E-state index in [-0.39, 0.29) is 6.10 Å². The first-order chi connectivity index (χ1) is 8.49. The van der Waals surface area contributed by atoms with E-state index in [1.165, 1.54) is 0 Å². The summed E-state index contributed by atoms with van der Waals surface area (Å²) in [5, 5.41) is 0. The van der Waals surface area contributed by atoms with E-state index >= 15 is 0 Å². The maximum absolute atomic E-state index is 5.77. The van der Waals surface area contributed by atoms with E-state index in [0.29, 0.717) is 10.6 Å². The highest BCUT2D eigenvalue weighted by molar-refractivity contribution is 9.10. The Balaban J connectivity index is 2.36. The molecule has 6 heteroatoms. The van der Waals surface area contributed by atoms with E-state index < -0.39 is 0 Å². The summed E-state index contributed by atoms with van der Waals surface area (Å²) in [6.45, 7) is 6.80. The fraction of sp³-hybridized carbons (Fsp3) is 0.667. The first-order valence-corrected chi connectivity index (χ1v) is 7.29. The van der Waals surface area contributed by atoms with Crippen molar-refractivity contribution in [3.05, 3.63) is 20.6 Å². The highest BCUT2D eigenvalue weighted by Gasteiger charge is 2.23. The molecule has 0 spiro atoms. The van der Waals surface area contributed by atoms with Gasteiger partial charge in [0.2, 0.25) is 0 Å². The number of rotatable bonds is 2. The normalized spacial score (nSPS) is 21.5. The van der Waals surface area contributed by atoms with E-state index in [2.05, 4.69) is 51.7 Å². The minimum absolute atomic E-state index is 0.0175. The zero-order chi connectivity index (χ0) is 13.3. The lowest BCUT2D eigenvalue weighted by atomic mass is 10.1. The standard InChI is InChI=1S/C12H18BrN3OS/c1-7(2)10-9(13)12(18)15-11(14-10)8-6-16(3)4-5-17-8/h7-8H,4-6H2,1-3H3,(H,14,15,18). The third-order valence-electron chi connectivity index (χ3n) is 3.06. The molecule has 0 radical (unpaired) electrons. The molecule has 1 aliphatic heterocycles. The van der Waals surface area contributed by atoms with Gasteiger partial charge in [0.05, 0.1) is 11.1 Å². The quantitative estimate of drug-likeness (QED) is 0.846. The smallest absolute Gasteiger partial charge is 0.144 e. The second kappa shape index (κ2) is 5.77. The number of morpholine rings is 1. The van der Waals surface area contributed by atoms with Crippen molar-refractivity contribution in [2.75, 3.05) is 26.7 Å². The summed E-state index contributed by atoms with van der Waals surface area (Å²) in [6.07, 6.45) is -0.0175. The van der Waals surface area contributed by atoms with Crippen LogP contribution in [0.5, 0.6) is 0 Å². The molecule has 0 bridgehead atoms. The molecule has 1 N–H and O–H groups in total. The molecule has 0 aliphatic carbocycles. The number of ether oxygens (including phenoxy) is 1. The average Bonchev–Trinajstić information content (AvgIpc) is 2.32. The molecule has 0 aromatic carbocycles. The summed E-state index contributed by atoms with van der Waals surface area (Å²) in [7, 11) is 2.09. The Bertz CT molecular complexity index is 489. The number of nitrogens with one attached hydrogen (secondary N) is 1. The van der Waals surface area contributed by atoms with Crippen LogP contribution < -0.4 is 0 Å². The van der Waals surface area contributed by atoms with Crippen LogP contribution in [-0.4, -0.2) is 41.6 Å². The number of hydrogen-bond donors (Lipinski definition) is 1. The van der Waals surface area contributed by atoms with Gasteiger partial charge in [0.1, 0.15) is 16.6 Å². The van der Waals surface area contributed by atoms with E-state index in [4.69, 9.17) is 17.0 Å². The van der Waals surface area contributed by atoms with Crippen molar-refractivity contribution >= 4 is 28.1 Å². The van der Waals surface area contributed by atoms with Crippen molar-refractivity contribution < 1.29 is 4.74 Å². The van der Waals surface area contributed by atoms with Gasteiger partial charge in [-0.05, 0) is 28.9 Å². The van der Waals surface area contributed by atoms with Crippen LogP contribution in [0.25, 0.3) is 0 Å². The summed E-state index contributed by atoms with van der Waals surface area (Å²) in [5.74, 6) is 1.20. The number of likely N-dealkylation sites (N-methyl/N-ethyl adjacent to an activating group) is 1. The maximum atomic E-state index is 5.77. The van der Waals surface area contributed by atoms with Crippen LogP contribution in [0.15, 0.2) is 4.47 Å². The number of aromatic nitrogens is 2. The first kappa shape index (κ1) is 14.1. The van der Waals surface area contributed by atoms with Crippen LogP contribution >= 0.6 is 28.1 Å². The molecule has 18 heavy (non-hydrogen) atoms. The van der Waals surface area contributed by atoms with Crippen LogP contribution in [0, 0.1) is 4.64 Å². The molecule has 1 aliphatic rings. The van der Waals surface area contributed by atoms with Gasteiger partial charge in [-0.15, -0.1) is 0 Å². The third-order valence-corrected chi connectivity index (χ3v) is 4.42. The molecule has 1 atom stereocenters. The summed E-state index contributed by atoms with van der Waals surface area (Å²) < 4.78 is 7.26. The molecular formula is C12H18BrN3OS. The molecular weight excluding hydrogens is 314 g/mol. The van der Waals surface area contributed by atoms with Crippen LogP contribution in [0.1, 0.15) is 37.4 Å². The summed E-state index contributed by atoms with van der Waals surface area (Å²) in [6, 6.07) is 0. The molecule has 100 valence electrons. The Morgan fingerprint density at radius 1 is 1.56 bits per heavy atom. The third kappa shape index (κ3) is 2.99. The topological polar surface area (TPSA) is 41.2 Å². The Morgan fingerprint density at radius 2 is 2.28 bits per heavy atom. The average molecular weight is 332 g/mol. The molecule has 1 aromatic heterocycles. The fourth-order valence-electron chi connectivity index (χ4n) is 1.99. The second-order valence-corrected chi connectivity index (χ2v) is 6.11. The van der Waals surface area contributed by atoms with Crippen molar-refractivity contribution in [3.63, 3.8) is 0 Å². The van der Waals surface area contributed by atoms with Gasteiger partial charge in [-0.1, -0.05) is 26.1 Å². The van der Waals surface area contributed by atoms with Gasteiger partial charge in [0, 0.05) is 18.8 Å². The fourth-order valence-corrected chi connectivity index (χ4v) is 2.84. The van der Waals surface area contributed by atoms with Crippen molar-refractivity contribution in [2.45, 2.75) is 25.9 Å². The Hall–Kier alpha value is -0.300. The molecule has 1 unspecified atom stereocenters. The molecule has 2 heterocycles. The first-order valence-electron chi connectivity index (χ1n) is 6.08. The SMILES string of the molecule is CC(C)c1[nH]c(C2CN(C)CCO2)nc(=S)c1Br. The van der Waals surface area contributed by atoms with E-state index in [1.54, 1.807) is 0 Å². The largest absolute Gasteiger partial charge is 0.368 e. The van der Waals surface area contributed by atoms with E-state index in [9.17, 15) is 0 Å². The Labute approximate surface area is 121 Å². The summed E-state index contributed by atoms with van der Waals surface area (Å²) >= 11 is 8.80. The number of aromatic amines is 1. The molecule has 2 rings (SSSR count). The number of H-pyrrole nitrogens is 1. The number of nitrogens with zero attached hydrogens (tertiary/aromatic N) is 2. The Morgan fingerprint density at radius 3 is 2.89 bits per heavy atom. The predicted octanol–water partition coefficient (Wildman–Crippen LogP) is 3.03. The van der Waals surface area contributed by atoms with Gasteiger partial charge in [-0.3, -0.25) is 0 Å². The summed E-state index contributed by atoms with van der Waals surface area (Å²) in [5.41, 5.74) is 1.09. The highest BCUT2D eigenvalue weighted by atomic mass is 79.9. The summed E-state index contributed by atoms with van der Waals surface area (Å²) in [4.78, 5) is 10.0. The molecule has 1 aromatic rings. The van der Waals surface area contributed by atoms with Crippen LogP contribution in [-0.2, 0) is 4.74 Å². The van der Waals surface area contributed by atoms with Crippen molar-refractivity contribution in [3.8, 4) is 0 Å². The van der Waals surface area contributed by atoms with Gasteiger partial charge in [0.15, 0.2) is 0 Å². The molecule has 4 nitrogen and oxygen atoms in total. The van der Waals surface area contributed by atoms with Gasteiger partial charge in [-0.2, -0.15) is 0 Å². The zero-order valence-corrected chi connectivity index (χ0v) is 13.3. The molecule has 1 fully saturated rings. The molecule has 1 saturated heterocycles. The highest BCUT2D eigenvalue weighted by Crippen LogP contribution is 2.26. The van der Waals surface area contributed by atoms with Crippen molar-refractivity contribution in [1.29, 1.82) is 0 Å². The molecule has 0 saturated carbocycles. The maximum Gasteiger partial charge on any atom is 0.144 e. The predicted molar refractivity (Wildman–Crippen MR) is 77.4 cm³/mol. The lowest BCUT2D eigenvalue weighted by molar-refractivity contribution is -0.0256. The van der Waals surface area contributed by atoms with Crippen molar-refractivity contribution in [1.82, 2.24) is 14.9 Å². The van der Waals surface area contributed by atoms with Gasteiger partial charge in [-0.25, -0.2) is 4.98 Å². The van der Waals surface area contributed by atoms with Crippen molar-refractivity contribution in [2.24, 2.45) is 0 Å². The van der Waals surface area contributed by atoms with Gasteiger partial charge >= 0.3 is 0 Å². The zero-order valence-electron chi connectivity index (χ0n) is 10.9. The van der Waals surface area contributed by atoms with Crippen LogP contribution in [0.4, 0.5) is 0 Å². The van der Waals surface area contributed by atoms with Crippen LogP contribution in [0.2, 0.25) is 0 Å². The minimum atomic E-state index is -0.0175. The molecule has 0 amide bonds. The number of halogens is 1. The van der Waals surface area contributed by atoms with E-state index in [1.807, 2.05) is 0 Å². The minimum Gasteiger partial charge on any atom is -0.368 e. The second-order valence-electron chi connectivity index (χ2n) is 4.93. The lowest BCUT2D eigenvalue weighted by Gasteiger charge is -2.29. The lowest BCUT2D eigenvalue weighted by Crippen LogP contribution is -2.36. The number of hydrogen-bond acceptors (Lipinski definition) is 4. The van der Waals surface area contributed by atoms with E-state index in [0.717, 1.165) is 35.7 Å². The van der Waals surface area contributed by atoms with Crippen LogP contribution in [0.3, 0.4) is 0 Å². The monoisotopic (exact) mass is 331 g/mol. The van der Waals surface area contributed by atoms with Gasteiger partial charge < -0.3 is 14.6 Å². The Kier molecular flexibility index (Phi) is 4.53.